The Morgan fingerprint density at radius 2 is 1.88 bits per heavy atom. The highest BCUT2D eigenvalue weighted by molar-refractivity contribution is 8.12. The molecule has 0 aliphatic carbocycles. The Labute approximate surface area is 147 Å². The average molecular weight is 351 g/mol. The number of carbonyl (C=O) groups is 1. The van der Waals surface area contributed by atoms with E-state index in [4.69, 9.17) is 0 Å². The van der Waals surface area contributed by atoms with E-state index in [0.29, 0.717) is 11.6 Å². The molecule has 0 saturated heterocycles. The highest BCUT2D eigenvalue weighted by Gasteiger charge is 2.19. The van der Waals surface area contributed by atoms with Crippen LogP contribution in [0, 0.1) is 0 Å². The Balaban J connectivity index is 1.72. The Morgan fingerprint density at radius 1 is 1.08 bits per heavy atom. The largest absolute Gasteiger partial charge is 0.292 e. The molecule has 2 heterocycles. The smallest absolute Gasteiger partial charge is 0.261 e. The van der Waals surface area contributed by atoms with E-state index in [-0.39, 0.29) is 5.24 Å². The van der Waals surface area contributed by atoms with Crippen molar-refractivity contribution in [2.75, 3.05) is 0 Å². The van der Waals surface area contributed by atoms with Crippen LogP contribution in [0.4, 0.5) is 4.79 Å². The molecule has 6 heteroatoms. The van der Waals surface area contributed by atoms with Crippen molar-refractivity contribution in [3.63, 3.8) is 0 Å². The predicted octanol–water partition coefficient (Wildman–Crippen LogP) is 5.06. The van der Waals surface area contributed by atoms with Crippen LogP contribution in [0.25, 0.3) is 22.6 Å². The van der Waals surface area contributed by atoms with Gasteiger partial charge in [-0.1, -0.05) is 54.2 Å². The summed E-state index contributed by atoms with van der Waals surface area (Å²) in [5.74, 6) is 1.23. The van der Waals surface area contributed by atoms with Gasteiger partial charge < -0.3 is 0 Å². The molecule has 0 radical (unpaired) electrons. The molecule has 0 aliphatic heterocycles. The van der Waals surface area contributed by atoms with Gasteiger partial charge in [0.25, 0.3) is 5.24 Å². The Hall–Kier alpha value is -2.44. The van der Waals surface area contributed by atoms with Crippen molar-refractivity contribution >= 4 is 39.4 Å². The van der Waals surface area contributed by atoms with Gasteiger partial charge in [0.2, 0.25) is 0 Å². The summed E-state index contributed by atoms with van der Waals surface area (Å²) in [6, 6.07) is 17.6. The second-order valence-electron chi connectivity index (χ2n) is 5.17. The van der Waals surface area contributed by atoms with E-state index in [0.717, 1.165) is 22.3 Å². The molecule has 0 atom stereocenters. The molecule has 24 heavy (non-hydrogen) atoms. The van der Waals surface area contributed by atoms with Crippen LogP contribution in [0.15, 0.2) is 65.5 Å². The fourth-order valence-corrected chi connectivity index (χ4v) is 3.82. The summed E-state index contributed by atoms with van der Waals surface area (Å²) in [6.45, 7) is 0. The number of benzene rings is 2. The zero-order valence-corrected chi connectivity index (χ0v) is 14.3. The van der Waals surface area contributed by atoms with Crippen LogP contribution < -0.4 is 0 Å². The van der Waals surface area contributed by atoms with Crippen molar-refractivity contribution in [1.82, 2.24) is 14.5 Å². The van der Waals surface area contributed by atoms with Gasteiger partial charge in [-0.25, -0.2) is 9.97 Å². The quantitative estimate of drug-likeness (QED) is 0.517. The maximum Gasteiger partial charge on any atom is 0.292 e. The molecule has 0 N–H and O–H groups in total. The minimum atomic E-state index is -0.0458. The molecular formula is C18H13N3OS2. The fraction of sp³-hybridized carbons (Fsp3) is 0.0556. The third-order valence-electron chi connectivity index (χ3n) is 3.61. The molecule has 0 unspecified atom stereocenters. The molecule has 2 aromatic carbocycles. The number of fused-ring (bicyclic) bond motifs is 1. The molecule has 0 bridgehead atoms. The van der Waals surface area contributed by atoms with Gasteiger partial charge in [0.05, 0.1) is 16.5 Å². The van der Waals surface area contributed by atoms with Gasteiger partial charge in [-0.2, -0.15) is 0 Å². The number of carbonyl (C=O) groups excluding carboxylic acids is 1. The lowest BCUT2D eigenvalue weighted by Crippen LogP contribution is -2.07. The number of aromatic nitrogens is 3. The first-order valence-electron chi connectivity index (χ1n) is 7.40. The molecule has 0 spiro atoms. The number of para-hydroxylation sites is 2. The van der Waals surface area contributed by atoms with Gasteiger partial charge in [0.15, 0.2) is 5.82 Å². The number of hydrogen-bond donors (Lipinski definition) is 0. The topological polar surface area (TPSA) is 47.8 Å². The van der Waals surface area contributed by atoms with E-state index >= 15 is 0 Å². The van der Waals surface area contributed by atoms with Gasteiger partial charge in [-0.3, -0.25) is 9.36 Å². The van der Waals surface area contributed by atoms with Crippen LogP contribution in [-0.2, 0) is 5.75 Å². The third kappa shape index (κ3) is 2.86. The van der Waals surface area contributed by atoms with Crippen LogP contribution in [0.3, 0.4) is 0 Å². The van der Waals surface area contributed by atoms with Gasteiger partial charge in [0.1, 0.15) is 5.69 Å². The molecule has 4 nitrogen and oxygen atoms in total. The summed E-state index contributed by atoms with van der Waals surface area (Å²) in [7, 11) is 0. The van der Waals surface area contributed by atoms with Crippen LogP contribution >= 0.6 is 23.1 Å². The molecule has 4 aromatic rings. The van der Waals surface area contributed by atoms with Crippen molar-refractivity contribution in [3.05, 3.63) is 71.1 Å². The van der Waals surface area contributed by atoms with Crippen LogP contribution in [0.5, 0.6) is 0 Å². The molecule has 0 fully saturated rings. The summed E-state index contributed by atoms with van der Waals surface area (Å²) in [4.78, 5) is 21.8. The number of thioether (sulfide) groups is 1. The van der Waals surface area contributed by atoms with Crippen LogP contribution in [-0.4, -0.2) is 19.8 Å². The van der Waals surface area contributed by atoms with Gasteiger partial charge in [-0.05, 0) is 17.7 Å². The first-order chi connectivity index (χ1) is 11.8. The van der Waals surface area contributed by atoms with Crippen molar-refractivity contribution in [2.24, 2.45) is 0 Å². The zero-order valence-electron chi connectivity index (χ0n) is 12.6. The monoisotopic (exact) mass is 351 g/mol. The van der Waals surface area contributed by atoms with Gasteiger partial charge in [0, 0.05) is 11.1 Å². The zero-order chi connectivity index (χ0) is 16.4. The van der Waals surface area contributed by atoms with E-state index in [1.165, 1.54) is 23.1 Å². The molecular weight excluding hydrogens is 338 g/mol. The average Bonchev–Trinajstić information content (AvgIpc) is 3.27. The lowest BCUT2D eigenvalue weighted by Gasteiger charge is -2.06. The van der Waals surface area contributed by atoms with Crippen LogP contribution in [0.1, 0.15) is 5.56 Å². The van der Waals surface area contributed by atoms with Crippen molar-refractivity contribution in [1.29, 1.82) is 0 Å². The van der Waals surface area contributed by atoms with Crippen LogP contribution in [0.2, 0.25) is 0 Å². The van der Waals surface area contributed by atoms with E-state index < -0.39 is 0 Å². The highest BCUT2D eigenvalue weighted by Crippen LogP contribution is 2.27. The van der Waals surface area contributed by atoms with Crippen molar-refractivity contribution in [3.8, 4) is 11.5 Å². The molecule has 118 valence electrons. The SMILES string of the molecule is O=C(SCc1ccccc1)n1c(-c2cscn2)nc2ccccc21. The maximum atomic E-state index is 12.9. The first kappa shape index (κ1) is 15.1. The second kappa shape index (κ2) is 6.59. The standard InChI is InChI=1S/C18H13N3OS2/c22-18(24-10-13-6-2-1-3-7-13)21-16-9-5-4-8-14(16)20-17(21)15-11-23-12-19-15/h1-9,11-12H,10H2. The highest BCUT2D eigenvalue weighted by atomic mass is 32.2. The molecule has 0 saturated carbocycles. The second-order valence-corrected chi connectivity index (χ2v) is 6.82. The first-order valence-corrected chi connectivity index (χ1v) is 9.33. The van der Waals surface area contributed by atoms with Crippen molar-refractivity contribution < 1.29 is 4.79 Å². The molecule has 0 aliphatic rings. The minimum Gasteiger partial charge on any atom is -0.261 e. The third-order valence-corrected chi connectivity index (χ3v) is 5.10. The Kier molecular flexibility index (Phi) is 4.15. The number of thiazole rings is 1. The Morgan fingerprint density at radius 3 is 2.67 bits per heavy atom. The van der Waals surface area contributed by atoms with Gasteiger partial charge >= 0.3 is 0 Å². The minimum absolute atomic E-state index is 0.0458. The number of hydrogen-bond acceptors (Lipinski definition) is 5. The number of rotatable bonds is 3. The molecule has 4 rings (SSSR count). The summed E-state index contributed by atoms with van der Waals surface area (Å²) < 4.78 is 1.66. The molecule has 0 amide bonds. The summed E-state index contributed by atoms with van der Waals surface area (Å²) in [6.07, 6.45) is 0. The molecule has 2 aromatic heterocycles. The predicted molar refractivity (Wildman–Crippen MR) is 99.4 cm³/mol. The van der Waals surface area contributed by atoms with E-state index in [1.807, 2.05) is 60.0 Å². The van der Waals surface area contributed by atoms with Gasteiger partial charge in [-0.15, -0.1) is 11.3 Å². The van der Waals surface area contributed by atoms with E-state index in [9.17, 15) is 4.79 Å². The lowest BCUT2D eigenvalue weighted by atomic mass is 10.2. The fourth-order valence-electron chi connectivity index (χ4n) is 2.49. The number of nitrogens with zero attached hydrogens (tertiary/aromatic N) is 3. The summed E-state index contributed by atoms with van der Waals surface area (Å²) >= 11 is 2.77. The Bertz CT molecular complexity index is 978. The normalized spacial score (nSPS) is 11.0. The van der Waals surface area contributed by atoms with E-state index in [2.05, 4.69) is 9.97 Å². The van der Waals surface area contributed by atoms with Crippen molar-refractivity contribution in [2.45, 2.75) is 5.75 Å². The summed E-state index contributed by atoms with van der Waals surface area (Å²) in [5.41, 5.74) is 5.21. The maximum absolute atomic E-state index is 12.9. The lowest BCUT2D eigenvalue weighted by molar-refractivity contribution is 0.263. The summed E-state index contributed by atoms with van der Waals surface area (Å²) in [5, 5.41) is 1.86. The van der Waals surface area contributed by atoms with E-state index in [1.54, 1.807) is 10.1 Å². The number of imidazole rings is 1.